The zero-order valence-corrected chi connectivity index (χ0v) is 10.7. The number of carbonyl (C=O) groups excluding carboxylic acids is 1. The molecule has 0 bridgehead atoms. The van der Waals surface area contributed by atoms with Crippen molar-refractivity contribution in [2.75, 3.05) is 0 Å². The first-order valence-electron chi connectivity index (χ1n) is 5.30. The molecule has 2 rings (SSSR count). The Morgan fingerprint density at radius 2 is 2.27 bits per heavy atom. The van der Waals surface area contributed by atoms with Crippen molar-refractivity contribution >= 4 is 28.9 Å². The number of ketones is 1. The van der Waals surface area contributed by atoms with E-state index >= 15 is 0 Å². The highest BCUT2D eigenvalue weighted by atomic mass is 32.2. The van der Waals surface area contributed by atoms with Crippen LogP contribution in [0.5, 0.6) is 0 Å². The number of hydrogen-bond acceptors (Lipinski definition) is 4. The molecule has 0 unspecified atom stereocenters. The summed E-state index contributed by atoms with van der Waals surface area (Å²) in [6.07, 6.45) is 2.74. The Bertz CT molecular complexity index is 371. The summed E-state index contributed by atoms with van der Waals surface area (Å²) in [6.45, 7) is 4.37. The smallest absolute Gasteiger partial charge is 0.182 e. The molecule has 0 saturated heterocycles. The highest BCUT2D eigenvalue weighted by Crippen LogP contribution is 2.29. The molecule has 1 aromatic rings. The van der Waals surface area contributed by atoms with Crippen LogP contribution in [0, 0.1) is 0 Å². The molecule has 15 heavy (non-hydrogen) atoms. The predicted molar refractivity (Wildman–Crippen MR) is 65.8 cm³/mol. The van der Waals surface area contributed by atoms with Gasteiger partial charge in [0.1, 0.15) is 10.7 Å². The van der Waals surface area contributed by atoms with E-state index in [2.05, 4.69) is 18.8 Å². The van der Waals surface area contributed by atoms with Gasteiger partial charge in [0.15, 0.2) is 5.78 Å². The van der Waals surface area contributed by atoms with Crippen LogP contribution < -0.4 is 0 Å². The molecule has 0 spiro atoms. The predicted octanol–water partition coefficient (Wildman–Crippen LogP) is 3.30. The Labute approximate surface area is 98.5 Å². The maximum absolute atomic E-state index is 11.6. The van der Waals surface area contributed by atoms with Crippen molar-refractivity contribution in [1.29, 1.82) is 0 Å². The number of aromatic nitrogens is 1. The minimum absolute atomic E-state index is 0.244. The maximum Gasteiger partial charge on any atom is 0.182 e. The van der Waals surface area contributed by atoms with E-state index in [1.54, 1.807) is 11.3 Å². The number of aryl methyl sites for hydroxylation is 1. The van der Waals surface area contributed by atoms with Gasteiger partial charge >= 0.3 is 0 Å². The van der Waals surface area contributed by atoms with Crippen molar-refractivity contribution in [3.05, 3.63) is 15.6 Å². The molecule has 4 heteroatoms. The molecule has 0 atom stereocenters. The van der Waals surface area contributed by atoms with Crippen LogP contribution >= 0.6 is 23.1 Å². The lowest BCUT2D eigenvalue weighted by Crippen LogP contribution is -2.08. The second-order valence-corrected chi connectivity index (χ2v) is 6.75. The highest BCUT2D eigenvalue weighted by Gasteiger charge is 2.21. The van der Waals surface area contributed by atoms with Gasteiger partial charge in [0.05, 0.1) is 0 Å². The second kappa shape index (κ2) is 4.66. The molecule has 1 heterocycles. The van der Waals surface area contributed by atoms with Gasteiger partial charge in [-0.2, -0.15) is 11.8 Å². The number of nitrogens with zero attached hydrogens (tertiary/aromatic N) is 1. The fourth-order valence-corrected chi connectivity index (χ4v) is 3.52. The van der Waals surface area contributed by atoms with Crippen LogP contribution in [0.1, 0.15) is 47.1 Å². The van der Waals surface area contributed by atoms with Crippen molar-refractivity contribution in [2.24, 2.45) is 0 Å². The summed E-state index contributed by atoms with van der Waals surface area (Å²) in [5.41, 5.74) is 0.769. The third-order valence-electron chi connectivity index (χ3n) is 2.35. The molecule has 1 aliphatic rings. The Morgan fingerprint density at radius 3 is 2.93 bits per heavy atom. The molecular weight excluding hydrogens is 226 g/mol. The fourth-order valence-electron chi connectivity index (χ4n) is 1.62. The number of fused-ring (bicyclic) bond motifs is 1. The topological polar surface area (TPSA) is 30.0 Å². The molecule has 0 saturated carbocycles. The Hall–Kier alpha value is -0.350. The van der Waals surface area contributed by atoms with Crippen LogP contribution in [0.4, 0.5) is 0 Å². The zero-order valence-electron chi connectivity index (χ0n) is 9.08. The van der Waals surface area contributed by atoms with Gasteiger partial charge in [0.2, 0.25) is 0 Å². The van der Waals surface area contributed by atoms with Gasteiger partial charge in [-0.3, -0.25) is 4.79 Å². The lowest BCUT2D eigenvalue weighted by Gasteiger charge is -2.06. The van der Waals surface area contributed by atoms with E-state index in [1.807, 2.05) is 11.8 Å². The number of thioether (sulfide) groups is 1. The summed E-state index contributed by atoms with van der Waals surface area (Å²) in [5.74, 6) is 1.19. The van der Waals surface area contributed by atoms with E-state index in [0.717, 1.165) is 29.3 Å². The van der Waals surface area contributed by atoms with Crippen molar-refractivity contribution in [1.82, 2.24) is 4.98 Å². The van der Waals surface area contributed by atoms with Crippen molar-refractivity contribution in [2.45, 2.75) is 44.1 Å². The largest absolute Gasteiger partial charge is 0.292 e. The molecule has 0 N–H and O–H groups in total. The SMILES string of the molecule is CC(C)SCc1nc2c(s1)CCCC2=O. The van der Waals surface area contributed by atoms with Gasteiger partial charge in [0, 0.05) is 17.1 Å². The van der Waals surface area contributed by atoms with E-state index in [-0.39, 0.29) is 5.78 Å². The molecule has 0 fully saturated rings. The standard InChI is InChI=1S/C11H15NOS2/c1-7(2)14-6-10-12-11-8(13)4-3-5-9(11)15-10/h7H,3-6H2,1-2H3. The van der Waals surface area contributed by atoms with Crippen LogP contribution in [-0.2, 0) is 12.2 Å². The van der Waals surface area contributed by atoms with Crippen molar-refractivity contribution in [3.8, 4) is 0 Å². The van der Waals surface area contributed by atoms with Gasteiger partial charge in [0.25, 0.3) is 0 Å². The van der Waals surface area contributed by atoms with Gasteiger partial charge in [-0.05, 0) is 18.1 Å². The summed E-state index contributed by atoms with van der Waals surface area (Å²) >= 11 is 3.61. The lowest BCUT2D eigenvalue weighted by molar-refractivity contribution is 0.0968. The molecular formula is C11H15NOS2. The van der Waals surface area contributed by atoms with Gasteiger partial charge in [-0.1, -0.05) is 13.8 Å². The summed E-state index contributed by atoms with van der Waals surface area (Å²) in [4.78, 5) is 17.2. The molecule has 82 valence electrons. The van der Waals surface area contributed by atoms with E-state index in [0.29, 0.717) is 11.7 Å². The number of Topliss-reactive ketones (excluding diaryl/α,β-unsaturated/α-hetero) is 1. The van der Waals surface area contributed by atoms with Crippen molar-refractivity contribution in [3.63, 3.8) is 0 Å². The molecule has 1 aliphatic carbocycles. The minimum Gasteiger partial charge on any atom is -0.292 e. The number of carbonyl (C=O) groups is 1. The molecule has 0 amide bonds. The van der Waals surface area contributed by atoms with Gasteiger partial charge in [-0.15, -0.1) is 11.3 Å². The zero-order chi connectivity index (χ0) is 10.8. The van der Waals surface area contributed by atoms with Crippen molar-refractivity contribution < 1.29 is 4.79 Å². The molecule has 1 aromatic heterocycles. The van der Waals surface area contributed by atoms with Crippen LogP contribution in [-0.4, -0.2) is 16.0 Å². The summed E-state index contributed by atoms with van der Waals surface area (Å²) < 4.78 is 0. The number of hydrogen-bond donors (Lipinski definition) is 0. The Kier molecular flexibility index (Phi) is 3.46. The quantitative estimate of drug-likeness (QED) is 0.813. The minimum atomic E-state index is 0.244. The Balaban J connectivity index is 2.11. The van der Waals surface area contributed by atoms with Crippen LogP contribution in [0.3, 0.4) is 0 Å². The third kappa shape index (κ3) is 2.61. The first-order valence-corrected chi connectivity index (χ1v) is 7.16. The van der Waals surface area contributed by atoms with E-state index < -0.39 is 0 Å². The Morgan fingerprint density at radius 1 is 1.47 bits per heavy atom. The molecule has 0 aliphatic heterocycles. The highest BCUT2D eigenvalue weighted by molar-refractivity contribution is 7.99. The van der Waals surface area contributed by atoms with Crippen LogP contribution in [0.15, 0.2) is 0 Å². The first kappa shape index (κ1) is 11.1. The summed E-state index contributed by atoms with van der Waals surface area (Å²) in [6, 6.07) is 0. The molecule has 2 nitrogen and oxygen atoms in total. The van der Waals surface area contributed by atoms with Gasteiger partial charge in [-0.25, -0.2) is 4.98 Å². The third-order valence-corrected chi connectivity index (χ3v) is 4.76. The summed E-state index contributed by atoms with van der Waals surface area (Å²) in [7, 11) is 0. The number of rotatable bonds is 3. The summed E-state index contributed by atoms with van der Waals surface area (Å²) in [5, 5.41) is 1.75. The maximum atomic E-state index is 11.6. The monoisotopic (exact) mass is 241 g/mol. The first-order chi connectivity index (χ1) is 7.16. The second-order valence-electron chi connectivity index (χ2n) is 4.02. The van der Waals surface area contributed by atoms with Crippen LogP contribution in [0.2, 0.25) is 0 Å². The molecule has 0 aromatic carbocycles. The van der Waals surface area contributed by atoms with Crippen LogP contribution in [0.25, 0.3) is 0 Å². The van der Waals surface area contributed by atoms with E-state index in [9.17, 15) is 4.79 Å². The normalized spacial score (nSPS) is 15.8. The van der Waals surface area contributed by atoms with E-state index in [1.165, 1.54) is 4.88 Å². The fraction of sp³-hybridized carbons (Fsp3) is 0.636. The average molecular weight is 241 g/mol. The number of thiazole rings is 1. The molecule has 0 radical (unpaired) electrons. The lowest BCUT2D eigenvalue weighted by atomic mass is 10.0. The van der Waals surface area contributed by atoms with E-state index in [4.69, 9.17) is 0 Å². The van der Waals surface area contributed by atoms with Gasteiger partial charge < -0.3 is 0 Å². The average Bonchev–Trinajstić information content (AvgIpc) is 2.59.